The summed E-state index contributed by atoms with van der Waals surface area (Å²) in [4.78, 5) is 28.0. The molecule has 27 heavy (non-hydrogen) atoms. The Hall–Kier alpha value is -3.80. The van der Waals surface area contributed by atoms with E-state index in [0.717, 1.165) is 11.3 Å². The van der Waals surface area contributed by atoms with Gasteiger partial charge in [-0.2, -0.15) is 5.10 Å². The second-order valence-electron chi connectivity index (χ2n) is 5.71. The minimum absolute atomic E-state index is 0.341. The van der Waals surface area contributed by atoms with Gasteiger partial charge in [-0.15, -0.1) is 0 Å². The number of ether oxygens (including phenoxy) is 1. The number of hydrazone groups is 1. The lowest BCUT2D eigenvalue weighted by atomic mass is 10.2. The van der Waals surface area contributed by atoms with E-state index < -0.39 is 5.97 Å². The van der Waals surface area contributed by atoms with Gasteiger partial charge in [0.25, 0.3) is 5.91 Å². The number of rotatable bonds is 5. The maximum atomic E-state index is 12.0. The number of pyridine rings is 1. The van der Waals surface area contributed by atoms with Gasteiger partial charge in [0.05, 0.1) is 17.3 Å². The molecule has 0 saturated heterocycles. The molecular weight excluding hydrogens is 342 g/mol. The second kappa shape index (κ2) is 8.53. The van der Waals surface area contributed by atoms with Crippen molar-refractivity contribution in [3.8, 4) is 5.75 Å². The van der Waals surface area contributed by atoms with Crippen LogP contribution in [0.25, 0.3) is 0 Å². The van der Waals surface area contributed by atoms with Gasteiger partial charge in [-0.1, -0.05) is 18.2 Å². The molecule has 1 amide bonds. The zero-order valence-electron chi connectivity index (χ0n) is 14.6. The van der Waals surface area contributed by atoms with Crippen molar-refractivity contribution in [3.63, 3.8) is 0 Å². The van der Waals surface area contributed by atoms with Crippen LogP contribution in [0.5, 0.6) is 5.75 Å². The highest BCUT2D eigenvalue weighted by molar-refractivity contribution is 5.94. The van der Waals surface area contributed by atoms with Crippen molar-refractivity contribution in [2.24, 2.45) is 5.10 Å². The average Bonchev–Trinajstić information content (AvgIpc) is 2.70. The average molecular weight is 359 g/mol. The smallest absolute Gasteiger partial charge is 0.343 e. The van der Waals surface area contributed by atoms with Crippen molar-refractivity contribution in [2.75, 3.05) is 0 Å². The third-order valence-corrected chi connectivity index (χ3v) is 3.65. The molecule has 6 heteroatoms. The number of nitrogens with one attached hydrogen (secondary N) is 1. The molecule has 0 atom stereocenters. The van der Waals surface area contributed by atoms with Crippen LogP contribution in [-0.4, -0.2) is 23.1 Å². The van der Waals surface area contributed by atoms with Crippen LogP contribution < -0.4 is 10.2 Å². The summed E-state index contributed by atoms with van der Waals surface area (Å²) < 4.78 is 5.31. The topological polar surface area (TPSA) is 80.6 Å². The van der Waals surface area contributed by atoms with Crippen LogP contribution in [0.1, 0.15) is 32.0 Å². The zero-order chi connectivity index (χ0) is 19.1. The Labute approximate surface area is 156 Å². The Morgan fingerprint density at radius 3 is 2.37 bits per heavy atom. The Morgan fingerprint density at radius 1 is 0.963 bits per heavy atom. The predicted molar refractivity (Wildman–Crippen MR) is 102 cm³/mol. The normalized spacial score (nSPS) is 10.6. The molecule has 134 valence electrons. The molecule has 2 aromatic carbocycles. The number of aromatic nitrogens is 1. The van der Waals surface area contributed by atoms with Crippen LogP contribution in [0.4, 0.5) is 0 Å². The van der Waals surface area contributed by atoms with Crippen molar-refractivity contribution in [2.45, 2.75) is 6.92 Å². The standard InChI is InChI=1S/C21H17N3O3/c1-15-7-10-18(14-22-15)20(25)24-23-13-16-8-11-19(12-9-16)27-21(26)17-5-3-2-4-6-17/h2-14H,1H3,(H,24,25)/b23-13-. The Bertz CT molecular complexity index is 950. The van der Waals surface area contributed by atoms with Gasteiger partial charge >= 0.3 is 5.97 Å². The van der Waals surface area contributed by atoms with E-state index in [9.17, 15) is 9.59 Å². The molecule has 0 aliphatic heterocycles. The van der Waals surface area contributed by atoms with E-state index in [1.807, 2.05) is 13.0 Å². The van der Waals surface area contributed by atoms with Crippen molar-refractivity contribution in [1.29, 1.82) is 0 Å². The summed E-state index contributed by atoms with van der Waals surface area (Å²) in [6.07, 6.45) is 3.00. The quantitative estimate of drug-likeness (QED) is 0.328. The van der Waals surface area contributed by atoms with Crippen LogP contribution in [0.3, 0.4) is 0 Å². The number of carbonyl (C=O) groups excluding carboxylic acids is 2. The van der Waals surface area contributed by atoms with Crippen molar-refractivity contribution in [1.82, 2.24) is 10.4 Å². The largest absolute Gasteiger partial charge is 0.423 e. The predicted octanol–water partition coefficient (Wildman–Crippen LogP) is 3.37. The maximum absolute atomic E-state index is 12.0. The lowest BCUT2D eigenvalue weighted by molar-refractivity contribution is 0.0734. The molecule has 0 aliphatic rings. The maximum Gasteiger partial charge on any atom is 0.343 e. The number of hydrogen-bond donors (Lipinski definition) is 1. The highest BCUT2D eigenvalue weighted by Crippen LogP contribution is 2.13. The Morgan fingerprint density at radius 2 is 1.70 bits per heavy atom. The summed E-state index contributed by atoms with van der Waals surface area (Å²) in [7, 11) is 0. The molecule has 0 bridgehead atoms. The first-order valence-corrected chi connectivity index (χ1v) is 8.25. The first-order chi connectivity index (χ1) is 13.1. The lowest BCUT2D eigenvalue weighted by Crippen LogP contribution is -2.17. The van der Waals surface area contributed by atoms with Gasteiger partial charge in [-0.05, 0) is 61.0 Å². The summed E-state index contributed by atoms with van der Waals surface area (Å²) in [6, 6.07) is 19.0. The molecule has 0 spiro atoms. The monoisotopic (exact) mass is 359 g/mol. The highest BCUT2D eigenvalue weighted by Gasteiger charge is 2.07. The van der Waals surface area contributed by atoms with Crippen molar-refractivity contribution >= 4 is 18.1 Å². The van der Waals surface area contributed by atoms with Crippen molar-refractivity contribution in [3.05, 3.63) is 95.3 Å². The van der Waals surface area contributed by atoms with E-state index in [-0.39, 0.29) is 5.91 Å². The van der Waals surface area contributed by atoms with Gasteiger partial charge in [-0.3, -0.25) is 9.78 Å². The molecule has 6 nitrogen and oxygen atoms in total. The summed E-state index contributed by atoms with van der Waals surface area (Å²) in [5, 5.41) is 3.92. The molecular formula is C21H17N3O3. The fraction of sp³-hybridized carbons (Fsp3) is 0.0476. The molecule has 3 rings (SSSR count). The first kappa shape index (κ1) is 18.0. The van der Waals surface area contributed by atoms with Gasteiger partial charge in [-0.25, -0.2) is 10.2 Å². The summed E-state index contributed by atoms with van der Waals surface area (Å²) in [5.74, 6) is -0.334. The number of hydrogen-bond acceptors (Lipinski definition) is 5. The van der Waals surface area contributed by atoms with Crippen LogP contribution in [0, 0.1) is 6.92 Å². The molecule has 1 heterocycles. The van der Waals surface area contributed by atoms with Crippen LogP contribution in [-0.2, 0) is 0 Å². The molecule has 1 N–H and O–H groups in total. The van der Waals surface area contributed by atoms with E-state index >= 15 is 0 Å². The van der Waals surface area contributed by atoms with E-state index in [2.05, 4.69) is 15.5 Å². The number of esters is 1. The SMILES string of the molecule is Cc1ccc(C(=O)N/N=C\c2ccc(OC(=O)c3ccccc3)cc2)cn1. The summed E-state index contributed by atoms with van der Waals surface area (Å²) in [6.45, 7) is 1.85. The number of aryl methyl sites for hydroxylation is 1. The highest BCUT2D eigenvalue weighted by atomic mass is 16.5. The number of carbonyl (C=O) groups is 2. The number of amides is 1. The minimum atomic E-state index is -0.420. The lowest BCUT2D eigenvalue weighted by Gasteiger charge is -2.04. The van der Waals surface area contributed by atoms with Gasteiger partial charge in [0, 0.05) is 11.9 Å². The molecule has 3 aromatic rings. The molecule has 0 aliphatic carbocycles. The molecule has 1 aromatic heterocycles. The summed E-state index contributed by atoms with van der Waals surface area (Å²) in [5.41, 5.74) is 4.94. The van der Waals surface area contributed by atoms with Gasteiger partial charge < -0.3 is 4.74 Å². The second-order valence-corrected chi connectivity index (χ2v) is 5.71. The fourth-order valence-corrected chi connectivity index (χ4v) is 2.19. The molecule has 0 unspecified atom stereocenters. The van der Waals surface area contributed by atoms with E-state index in [1.54, 1.807) is 60.7 Å². The summed E-state index contributed by atoms with van der Waals surface area (Å²) >= 11 is 0. The van der Waals surface area contributed by atoms with Crippen LogP contribution >= 0.6 is 0 Å². The molecule has 0 fully saturated rings. The minimum Gasteiger partial charge on any atom is -0.423 e. The van der Waals surface area contributed by atoms with Crippen molar-refractivity contribution < 1.29 is 14.3 Å². The third-order valence-electron chi connectivity index (χ3n) is 3.65. The van der Waals surface area contributed by atoms with Crippen LogP contribution in [0.2, 0.25) is 0 Å². The van der Waals surface area contributed by atoms with E-state index in [1.165, 1.54) is 12.4 Å². The third kappa shape index (κ3) is 5.09. The molecule has 0 saturated carbocycles. The van der Waals surface area contributed by atoms with Gasteiger partial charge in [0.1, 0.15) is 5.75 Å². The zero-order valence-corrected chi connectivity index (χ0v) is 14.6. The first-order valence-electron chi connectivity index (χ1n) is 8.25. The van der Waals surface area contributed by atoms with Gasteiger partial charge in [0.2, 0.25) is 0 Å². The van der Waals surface area contributed by atoms with Gasteiger partial charge in [0.15, 0.2) is 0 Å². The number of benzene rings is 2. The molecule has 0 radical (unpaired) electrons. The van der Waals surface area contributed by atoms with E-state index in [0.29, 0.717) is 16.9 Å². The Kier molecular flexibility index (Phi) is 5.69. The fourth-order valence-electron chi connectivity index (χ4n) is 2.19. The van der Waals surface area contributed by atoms with E-state index in [4.69, 9.17) is 4.74 Å². The Balaban J connectivity index is 1.55. The number of nitrogens with zero attached hydrogens (tertiary/aromatic N) is 2. The van der Waals surface area contributed by atoms with Crippen LogP contribution in [0.15, 0.2) is 78.0 Å².